The van der Waals surface area contributed by atoms with Crippen molar-refractivity contribution in [3.8, 4) is 22.1 Å². The Morgan fingerprint density at radius 3 is 2.62 bits per heavy atom. The van der Waals surface area contributed by atoms with Gasteiger partial charge in [-0.25, -0.2) is 4.98 Å². The van der Waals surface area contributed by atoms with E-state index in [0.29, 0.717) is 33.6 Å². The first-order chi connectivity index (χ1) is 15.3. The fourth-order valence-electron chi connectivity index (χ4n) is 2.82. The fourth-order valence-corrected chi connectivity index (χ4v) is 3.99. The zero-order chi connectivity index (χ0) is 23.3. The highest BCUT2D eigenvalue weighted by Crippen LogP contribution is 2.30. The van der Waals surface area contributed by atoms with E-state index in [-0.39, 0.29) is 18.4 Å². The molecule has 1 N–H and O–H groups in total. The van der Waals surface area contributed by atoms with Crippen LogP contribution in [0.5, 0.6) is 11.5 Å². The van der Waals surface area contributed by atoms with Crippen molar-refractivity contribution in [3.05, 3.63) is 63.6 Å². The van der Waals surface area contributed by atoms with Crippen molar-refractivity contribution in [1.29, 1.82) is 0 Å². The number of carbonyl (C=O) groups excluding carboxylic acids is 2. The van der Waals surface area contributed by atoms with Gasteiger partial charge in [-0.3, -0.25) is 9.59 Å². The highest BCUT2D eigenvalue weighted by molar-refractivity contribution is 7.17. The summed E-state index contributed by atoms with van der Waals surface area (Å²) in [5.41, 5.74) is 2.37. The van der Waals surface area contributed by atoms with Crippen LogP contribution in [0.25, 0.3) is 10.6 Å². The number of halogens is 1. The van der Waals surface area contributed by atoms with Crippen LogP contribution in [-0.2, 0) is 11.3 Å². The molecule has 168 valence electrons. The third-order valence-corrected chi connectivity index (χ3v) is 6.05. The summed E-state index contributed by atoms with van der Waals surface area (Å²) in [6.45, 7) is 2.03. The summed E-state index contributed by atoms with van der Waals surface area (Å²) >= 11 is 7.39. The van der Waals surface area contributed by atoms with Gasteiger partial charge in [0.05, 0.1) is 12.8 Å². The molecule has 0 fully saturated rings. The summed E-state index contributed by atoms with van der Waals surface area (Å²) in [7, 11) is 4.85. The van der Waals surface area contributed by atoms with E-state index in [2.05, 4.69) is 10.3 Å². The number of aryl methyl sites for hydroxylation is 1. The number of rotatable bonds is 8. The smallest absolute Gasteiger partial charge is 0.263 e. The van der Waals surface area contributed by atoms with Gasteiger partial charge in [-0.05, 0) is 36.8 Å². The van der Waals surface area contributed by atoms with E-state index in [1.807, 2.05) is 31.2 Å². The van der Waals surface area contributed by atoms with Crippen LogP contribution in [0.3, 0.4) is 0 Å². The maximum atomic E-state index is 12.7. The predicted octanol–water partition coefficient (Wildman–Crippen LogP) is 4.18. The van der Waals surface area contributed by atoms with Gasteiger partial charge in [0, 0.05) is 31.2 Å². The van der Waals surface area contributed by atoms with Crippen LogP contribution in [0, 0.1) is 6.92 Å². The lowest BCUT2D eigenvalue weighted by molar-refractivity contribution is -0.130. The Labute approximate surface area is 195 Å². The number of amides is 2. The molecular formula is C23H24ClN3O4S. The number of ether oxygens (including phenoxy) is 2. The molecule has 1 heterocycles. The fraction of sp³-hybridized carbons (Fsp3) is 0.261. The summed E-state index contributed by atoms with van der Waals surface area (Å²) in [5.74, 6) is 0.590. The number of aromatic nitrogens is 1. The van der Waals surface area contributed by atoms with E-state index in [9.17, 15) is 9.59 Å². The Morgan fingerprint density at radius 2 is 1.94 bits per heavy atom. The lowest BCUT2D eigenvalue weighted by Crippen LogP contribution is -2.27. The number of hydrogen-bond donors (Lipinski definition) is 1. The van der Waals surface area contributed by atoms with Crippen LogP contribution in [0.15, 0.2) is 42.5 Å². The van der Waals surface area contributed by atoms with Crippen LogP contribution < -0.4 is 14.8 Å². The summed E-state index contributed by atoms with van der Waals surface area (Å²) in [6, 6.07) is 12.7. The summed E-state index contributed by atoms with van der Waals surface area (Å²) < 4.78 is 10.9. The Balaban J connectivity index is 1.66. The second-order valence-corrected chi connectivity index (χ2v) is 8.62. The molecule has 3 rings (SSSR count). The van der Waals surface area contributed by atoms with Crippen LogP contribution in [0.2, 0.25) is 5.02 Å². The van der Waals surface area contributed by atoms with Crippen LogP contribution >= 0.6 is 22.9 Å². The molecular weight excluding hydrogens is 450 g/mol. The summed E-state index contributed by atoms with van der Waals surface area (Å²) in [5, 5.41) is 4.28. The van der Waals surface area contributed by atoms with Crippen molar-refractivity contribution in [2.75, 3.05) is 27.8 Å². The highest BCUT2D eigenvalue weighted by atomic mass is 35.5. The van der Waals surface area contributed by atoms with Gasteiger partial charge in [0.1, 0.15) is 9.88 Å². The van der Waals surface area contributed by atoms with Gasteiger partial charge < -0.3 is 19.7 Å². The van der Waals surface area contributed by atoms with Crippen molar-refractivity contribution >= 4 is 34.8 Å². The molecule has 7 nitrogen and oxygen atoms in total. The van der Waals surface area contributed by atoms with E-state index in [4.69, 9.17) is 21.1 Å². The standard InChI is InChI=1S/C23H24ClN3O4S/c1-14-21(32-23(26-14)16-6-5-7-17(24)11-16)22(29)25-12-15-8-9-18(19(10-15)30-4)31-13-20(28)27(2)3/h5-11H,12-13H2,1-4H3,(H,25,29). The van der Waals surface area contributed by atoms with E-state index >= 15 is 0 Å². The Morgan fingerprint density at radius 1 is 1.16 bits per heavy atom. The van der Waals surface area contributed by atoms with Gasteiger partial charge in [0.15, 0.2) is 18.1 Å². The molecule has 0 aliphatic rings. The van der Waals surface area contributed by atoms with E-state index in [0.717, 1.165) is 16.1 Å². The zero-order valence-corrected chi connectivity index (χ0v) is 19.8. The van der Waals surface area contributed by atoms with Gasteiger partial charge in [0.2, 0.25) is 0 Å². The molecule has 0 radical (unpaired) electrons. The monoisotopic (exact) mass is 473 g/mol. The third kappa shape index (κ3) is 5.77. The van der Waals surface area contributed by atoms with Gasteiger partial charge in [-0.1, -0.05) is 29.8 Å². The lowest BCUT2D eigenvalue weighted by Gasteiger charge is -2.14. The number of nitrogens with zero attached hydrogens (tertiary/aromatic N) is 2. The molecule has 0 unspecified atom stereocenters. The van der Waals surface area contributed by atoms with E-state index in [1.165, 1.54) is 23.3 Å². The number of hydrogen-bond acceptors (Lipinski definition) is 6. The predicted molar refractivity (Wildman–Crippen MR) is 126 cm³/mol. The van der Waals surface area contributed by atoms with Crippen molar-refractivity contribution in [2.45, 2.75) is 13.5 Å². The molecule has 32 heavy (non-hydrogen) atoms. The Bertz CT molecular complexity index is 1130. The first kappa shape index (κ1) is 23.6. The van der Waals surface area contributed by atoms with E-state index in [1.54, 1.807) is 32.3 Å². The lowest BCUT2D eigenvalue weighted by atomic mass is 10.2. The average molecular weight is 474 g/mol. The molecule has 3 aromatic rings. The van der Waals surface area contributed by atoms with Crippen molar-refractivity contribution in [2.24, 2.45) is 0 Å². The molecule has 0 spiro atoms. The van der Waals surface area contributed by atoms with Crippen LogP contribution in [0.1, 0.15) is 20.9 Å². The van der Waals surface area contributed by atoms with Gasteiger partial charge >= 0.3 is 0 Å². The third-order valence-electron chi connectivity index (χ3n) is 4.61. The molecule has 9 heteroatoms. The van der Waals surface area contributed by atoms with Crippen LogP contribution in [-0.4, -0.2) is 49.5 Å². The number of thiazole rings is 1. The molecule has 0 aliphatic heterocycles. The molecule has 2 amide bonds. The van der Waals surface area contributed by atoms with Crippen LogP contribution in [0.4, 0.5) is 0 Å². The highest BCUT2D eigenvalue weighted by Gasteiger charge is 2.17. The SMILES string of the molecule is COc1cc(CNC(=O)c2sc(-c3cccc(Cl)c3)nc2C)ccc1OCC(=O)N(C)C. The topological polar surface area (TPSA) is 80.8 Å². The molecule has 2 aromatic carbocycles. The first-order valence-electron chi connectivity index (χ1n) is 9.80. The number of benzene rings is 2. The number of carbonyl (C=O) groups is 2. The van der Waals surface area contributed by atoms with E-state index < -0.39 is 0 Å². The Hall–Kier alpha value is -3.10. The average Bonchev–Trinajstić information content (AvgIpc) is 3.17. The minimum absolute atomic E-state index is 0.0843. The van der Waals surface area contributed by atoms with Crippen molar-refractivity contribution in [3.63, 3.8) is 0 Å². The van der Waals surface area contributed by atoms with Gasteiger partial charge in [-0.15, -0.1) is 11.3 Å². The second-order valence-electron chi connectivity index (χ2n) is 7.19. The molecule has 0 aliphatic carbocycles. The quantitative estimate of drug-likeness (QED) is 0.531. The number of likely N-dealkylation sites (N-methyl/N-ethyl adjacent to an activating group) is 1. The van der Waals surface area contributed by atoms with Gasteiger partial charge in [0.25, 0.3) is 11.8 Å². The summed E-state index contributed by atoms with van der Waals surface area (Å²) in [4.78, 5) is 31.0. The molecule has 0 saturated heterocycles. The number of nitrogens with one attached hydrogen (secondary N) is 1. The maximum Gasteiger partial charge on any atom is 0.263 e. The zero-order valence-electron chi connectivity index (χ0n) is 18.3. The summed E-state index contributed by atoms with van der Waals surface area (Å²) in [6.07, 6.45) is 0. The molecule has 1 aromatic heterocycles. The van der Waals surface area contributed by atoms with Gasteiger partial charge in [-0.2, -0.15) is 0 Å². The minimum Gasteiger partial charge on any atom is -0.493 e. The normalized spacial score (nSPS) is 10.5. The molecule has 0 bridgehead atoms. The molecule has 0 saturated carbocycles. The largest absolute Gasteiger partial charge is 0.493 e. The van der Waals surface area contributed by atoms with Crippen molar-refractivity contribution < 1.29 is 19.1 Å². The minimum atomic E-state index is -0.204. The van der Waals surface area contributed by atoms with Crippen molar-refractivity contribution in [1.82, 2.24) is 15.2 Å². The second kappa shape index (κ2) is 10.5. The number of methoxy groups -OCH3 is 1. The molecule has 0 atom stereocenters. The first-order valence-corrected chi connectivity index (χ1v) is 11.0. The Kier molecular flexibility index (Phi) is 7.71. The maximum absolute atomic E-state index is 12.7.